The van der Waals surface area contributed by atoms with Gasteiger partial charge in [-0.1, -0.05) is 37.3 Å². The maximum absolute atomic E-state index is 11.8. The van der Waals surface area contributed by atoms with Crippen LogP contribution in [0.1, 0.15) is 37.3 Å². The second-order valence-electron chi connectivity index (χ2n) is 8.33. The van der Waals surface area contributed by atoms with E-state index in [4.69, 9.17) is 4.74 Å². The minimum Gasteiger partial charge on any atom is -0.490 e. The van der Waals surface area contributed by atoms with Crippen molar-refractivity contribution in [3.05, 3.63) is 59.7 Å². The molecule has 154 valence electrons. The zero-order valence-electron chi connectivity index (χ0n) is 17.1. The largest absolute Gasteiger partial charge is 0.490 e. The van der Waals surface area contributed by atoms with Crippen LogP contribution in [0.3, 0.4) is 0 Å². The first-order valence-electron chi connectivity index (χ1n) is 10.6. The molecule has 5 heteroatoms. The first kappa shape index (κ1) is 19.9. The summed E-state index contributed by atoms with van der Waals surface area (Å²) in [5.41, 5.74) is 2.18. The number of amides is 1. The number of nitrogens with zero attached hydrogens (tertiary/aromatic N) is 1. The van der Waals surface area contributed by atoms with Crippen molar-refractivity contribution in [2.45, 2.75) is 38.2 Å². The average molecular weight is 395 g/mol. The molecule has 0 radical (unpaired) electrons. The van der Waals surface area contributed by atoms with E-state index in [-0.39, 0.29) is 5.91 Å². The average Bonchev–Trinajstić information content (AvgIpc) is 2.74. The fourth-order valence-corrected chi connectivity index (χ4v) is 4.51. The molecule has 5 rings (SSSR count). The second kappa shape index (κ2) is 8.56. The Morgan fingerprint density at radius 2 is 1.97 bits per heavy atom. The van der Waals surface area contributed by atoms with Crippen molar-refractivity contribution in [3.8, 4) is 5.75 Å². The zero-order chi connectivity index (χ0) is 20.3. The molecule has 0 spiro atoms. The van der Waals surface area contributed by atoms with Gasteiger partial charge in [0.15, 0.2) is 0 Å². The van der Waals surface area contributed by atoms with Gasteiger partial charge in [0.1, 0.15) is 18.0 Å². The molecule has 5 nitrogen and oxygen atoms in total. The van der Waals surface area contributed by atoms with Gasteiger partial charge in [0, 0.05) is 30.6 Å². The summed E-state index contributed by atoms with van der Waals surface area (Å²) in [5.74, 6) is 1.08. The molecule has 3 aliphatic heterocycles. The minimum absolute atomic E-state index is 0.00841. The van der Waals surface area contributed by atoms with Crippen molar-refractivity contribution in [3.63, 3.8) is 0 Å². The molecular weight excluding hydrogens is 364 g/mol. The van der Waals surface area contributed by atoms with E-state index in [1.54, 1.807) is 0 Å². The third kappa shape index (κ3) is 4.62. The van der Waals surface area contributed by atoms with Gasteiger partial charge in [0.2, 0.25) is 5.91 Å². The Hall–Kier alpha value is -2.37. The first-order chi connectivity index (χ1) is 14.1. The lowest BCUT2D eigenvalue weighted by Gasteiger charge is -2.50. The van der Waals surface area contributed by atoms with Gasteiger partial charge in [0.05, 0.1) is 0 Å². The van der Waals surface area contributed by atoms with Gasteiger partial charge in [-0.25, -0.2) is 0 Å². The number of piperidine rings is 3. The summed E-state index contributed by atoms with van der Waals surface area (Å²) in [6.45, 7) is 5.00. The molecule has 2 N–H and O–H groups in total. The summed E-state index contributed by atoms with van der Waals surface area (Å²) in [4.78, 5) is 14.1. The Balaban J connectivity index is 1.53. The van der Waals surface area contributed by atoms with Crippen molar-refractivity contribution < 1.29 is 14.6 Å². The number of ether oxygens (including phenoxy) is 1. The molecule has 2 aromatic carbocycles. The lowest BCUT2D eigenvalue weighted by Crippen LogP contribution is -2.61. The number of nitrogens with one attached hydrogen (secondary N) is 1. The van der Waals surface area contributed by atoms with E-state index in [1.807, 2.05) is 43.3 Å². The van der Waals surface area contributed by atoms with Gasteiger partial charge in [-0.2, -0.15) is 0 Å². The summed E-state index contributed by atoms with van der Waals surface area (Å²) < 4.78 is 6.20. The third-order valence-electron chi connectivity index (χ3n) is 6.23. The molecule has 1 amide bonds. The van der Waals surface area contributed by atoms with Gasteiger partial charge < -0.3 is 20.1 Å². The Kier molecular flexibility index (Phi) is 5.88. The number of fused-ring (bicyclic) bond motifs is 3. The van der Waals surface area contributed by atoms with E-state index in [0.29, 0.717) is 31.9 Å². The van der Waals surface area contributed by atoms with Crippen molar-refractivity contribution >= 4 is 11.6 Å². The van der Waals surface area contributed by atoms with Crippen molar-refractivity contribution in [1.29, 1.82) is 0 Å². The summed E-state index contributed by atoms with van der Waals surface area (Å²) in [7, 11) is 0. The topological polar surface area (TPSA) is 61.8 Å². The third-order valence-corrected chi connectivity index (χ3v) is 6.23. The van der Waals surface area contributed by atoms with E-state index in [2.05, 4.69) is 22.3 Å². The molecule has 0 aromatic heterocycles. The van der Waals surface area contributed by atoms with Crippen molar-refractivity contribution in [1.82, 2.24) is 4.90 Å². The number of carbonyl (C=O) groups is 1. The highest BCUT2D eigenvalue weighted by Gasteiger charge is 2.46. The van der Waals surface area contributed by atoms with Crippen molar-refractivity contribution in [2.75, 3.05) is 31.6 Å². The van der Waals surface area contributed by atoms with E-state index in [0.717, 1.165) is 42.9 Å². The van der Waals surface area contributed by atoms with Crippen LogP contribution in [0.4, 0.5) is 5.69 Å². The van der Waals surface area contributed by atoms with Gasteiger partial charge >= 0.3 is 0 Å². The highest BCUT2D eigenvalue weighted by atomic mass is 16.5. The standard InChI is InChI=1S/C24H30N2O3/c1-2-23(27)25-21-8-9-22(19(15-21)14-18-6-4-3-5-7-18)29-17-24(28)16-26-12-10-20(24)11-13-26/h3-9,15,20,28H,2,10-14,16-17H2,1H3,(H,25,27). The van der Waals surface area contributed by atoms with Gasteiger partial charge in [-0.3, -0.25) is 4.79 Å². The van der Waals surface area contributed by atoms with E-state index >= 15 is 0 Å². The fraction of sp³-hybridized carbons (Fsp3) is 0.458. The van der Waals surface area contributed by atoms with Crippen LogP contribution in [-0.2, 0) is 11.2 Å². The summed E-state index contributed by atoms with van der Waals surface area (Å²) >= 11 is 0. The monoisotopic (exact) mass is 394 g/mol. The maximum Gasteiger partial charge on any atom is 0.224 e. The predicted molar refractivity (Wildman–Crippen MR) is 114 cm³/mol. The Bertz CT molecular complexity index is 846. The maximum atomic E-state index is 11.8. The summed E-state index contributed by atoms with van der Waals surface area (Å²) in [6.07, 6.45) is 3.23. The van der Waals surface area contributed by atoms with Crippen LogP contribution in [0.5, 0.6) is 5.75 Å². The number of benzene rings is 2. The van der Waals surface area contributed by atoms with Crippen LogP contribution in [0.2, 0.25) is 0 Å². The van der Waals surface area contributed by atoms with Gasteiger partial charge in [-0.05, 0) is 55.6 Å². The van der Waals surface area contributed by atoms with Crippen LogP contribution >= 0.6 is 0 Å². The normalized spacial score (nSPS) is 25.6. The first-order valence-corrected chi connectivity index (χ1v) is 10.6. The quantitative estimate of drug-likeness (QED) is 0.755. The number of anilines is 1. The second-order valence-corrected chi connectivity index (χ2v) is 8.33. The zero-order valence-corrected chi connectivity index (χ0v) is 17.1. The smallest absolute Gasteiger partial charge is 0.224 e. The number of hydrogen-bond donors (Lipinski definition) is 2. The molecule has 0 aliphatic carbocycles. The molecular formula is C24H30N2O3. The van der Waals surface area contributed by atoms with Gasteiger partial charge in [0.25, 0.3) is 0 Å². The minimum atomic E-state index is -0.782. The molecule has 3 saturated heterocycles. The van der Waals surface area contributed by atoms with Gasteiger partial charge in [-0.15, -0.1) is 0 Å². The van der Waals surface area contributed by atoms with Crippen molar-refractivity contribution in [2.24, 2.45) is 5.92 Å². The number of rotatable bonds is 7. The number of aliphatic hydroxyl groups is 1. The van der Waals surface area contributed by atoms with E-state index < -0.39 is 5.60 Å². The molecule has 3 aliphatic rings. The Morgan fingerprint density at radius 1 is 1.21 bits per heavy atom. The molecule has 0 saturated carbocycles. The lowest BCUT2D eigenvalue weighted by atomic mass is 9.76. The molecule has 3 heterocycles. The van der Waals surface area contributed by atoms with Crippen LogP contribution in [0.15, 0.2) is 48.5 Å². The Morgan fingerprint density at radius 3 is 2.62 bits per heavy atom. The Labute approximate surface area is 172 Å². The molecule has 1 unspecified atom stereocenters. The lowest BCUT2D eigenvalue weighted by molar-refractivity contribution is -0.131. The molecule has 29 heavy (non-hydrogen) atoms. The predicted octanol–water partition coefficient (Wildman–Crippen LogP) is 3.46. The van der Waals surface area contributed by atoms with Crippen LogP contribution < -0.4 is 10.1 Å². The summed E-state index contributed by atoms with van der Waals surface area (Å²) in [5, 5.41) is 14.1. The van der Waals surface area contributed by atoms with Crippen LogP contribution in [0, 0.1) is 5.92 Å². The highest BCUT2D eigenvalue weighted by Crippen LogP contribution is 2.36. The van der Waals surface area contributed by atoms with Crippen LogP contribution in [0.25, 0.3) is 0 Å². The number of hydrogen-bond acceptors (Lipinski definition) is 4. The molecule has 2 aromatic rings. The highest BCUT2D eigenvalue weighted by molar-refractivity contribution is 5.90. The number of carbonyl (C=O) groups excluding carboxylic acids is 1. The van der Waals surface area contributed by atoms with E-state index in [1.165, 1.54) is 5.56 Å². The molecule has 3 fully saturated rings. The van der Waals surface area contributed by atoms with E-state index in [9.17, 15) is 9.90 Å². The molecule has 2 bridgehead atoms. The SMILES string of the molecule is CCC(=O)Nc1ccc(OCC2(O)CN3CCC2CC3)c(Cc2ccccc2)c1. The molecule has 1 atom stereocenters. The summed E-state index contributed by atoms with van der Waals surface area (Å²) in [6, 6.07) is 16.0. The van der Waals surface area contributed by atoms with Crippen LogP contribution in [-0.4, -0.2) is 47.8 Å². The fourth-order valence-electron chi connectivity index (χ4n) is 4.51.